The monoisotopic (exact) mass is 174 g/mol. The number of carbonyl (C=O) groups excluding carboxylic acids is 1. The minimum Gasteiger partial charge on any atom is -0.368 e. The molecule has 4 nitrogen and oxygen atoms in total. The van der Waals surface area contributed by atoms with Crippen LogP contribution in [0.1, 0.15) is 26.7 Å². The molecule has 0 aromatic heterocycles. The Balaban J connectivity index is 0.00000121. The third kappa shape index (κ3) is 2.46. The van der Waals surface area contributed by atoms with E-state index in [2.05, 4.69) is 0 Å². The van der Waals surface area contributed by atoms with Crippen LogP contribution >= 0.6 is 0 Å². The van der Waals surface area contributed by atoms with Gasteiger partial charge in [0.2, 0.25) is 5.91 Å². The average molecular weight is 174 g/mol. The topological polar surface area (TPSA) is 55.6 Å². The molecule has 0 spiro atoms. The highest BCUT2D eigenvalue weighted by atomic mass is 16.7. The SMILES string of the molecule is C.CON1CCCCC1C(N)=O. The maximum Gasteiger partial charge on any atom is 0.237 e. The number of amides is 1. The fraction of sp³-hybridized carbons (Fsp3) is 0.875. The molecular weight excluding hydrogens is 156 g/mol. The molecule has 1 heterocycles. The molecule has 4 heteroatoms. The van der Waals surface area contributed by atoms with Gasteiger partial charge in [-0.1, -0.05) is 7.43 Å². The van der Waals surface area contributed by atoms with Gasteiger partial charge in [0.15, 0.2) is 0 Å². The van der Waals surface area contributed by atoms with Crippen molar-refractivity contribution in [3.8, 4) is 0 Å². The van der Waals surface area contributed by atoms with Gasteiger partial charge in [0.1, 0.15) is 6.04 Å². The molecule has 1 amide bonds. The molecule has 12 heavy (non-hydrogen) atoms. The highest BCUT2D eigenvalue weighted by Gasteiger charge is 2.26. The molecule has 0 bridgehead atoms. The van der Waals surface area contributed by atoms with Crippen molar-refractivity contribution in [2.45, 2.75) is 32.7 Å². The van der Waals surface area contributed by atoms with Crippen molar-refractivity contribution in [2.24, 2.45) is 5.73 Å². The Morgan fingerprint density at radius 3 is 2.67 bits per heavy atom. The molecule has 0 aromatic rings. The summed E-state index contributed by atoms with van der Waals surface area (Å²) in [6, 6.07) is -0.214. The van der Waals surface area contributed by atoms with Gasteiger partial charge in [-0.3, -0.25) is 4.79 Å². The van der Waals surface area contributed by atoms with Crippen LogP contribution in [-0.4, -0.2) is 30.7 Å². The minimum absolute atomic E-state index is 0. The first-order valence-electron chi connectivity index (χ1n) is 3.85. The lowest BCUT2D eigenvalue weighted by Crippen LogP contribution is -2.46. The van der Waals surface area contributed by atoms with Gasteiger partial charge in [-0.05, 0) is 19.3 Å². The predicted octanol–water partition coefficient (Wildman–Crippen LogP) is 0.524. The Labute approximate surface area is 73.6 Å². The molecule has 72 valence electrons. The van der Waals surface area contributed by atoms with Crippen molar-refractivity contribution in [3.63, 3.8) is 0 Å². The predicted molar refractivity (Wildman–Crippen MR) is 47.3 cm³/mol. The zero-order valence-corrected chi connectivity index (χ0v) is 6.75. The average Bonchev–Trinajstić information content (AvgIpc) is 2.04. The Morgan fingerprint density at radius 2 is 2.25 bits per heavy atom. The molecule has 1 rings (SSSR count). The number of rotatable bonds is 2. The molecule has 0 aromatic carbocycles. The van der Waals surface area contributed by atoms with E-state index in [9.17, 15) is 4.79 Å². The quantitative estimate of drug-likeness (QED) is 0.664. The highest BCUT2D eigenvalue weighted by molar-refractivity contribution is 5.79. The highest BCUT2D eigenvalue weighted by Crippen LogP contribution is 2.15. The third-order valence-electron chi connectivity index (χ3n) is 2.02. The number of nitrogens with two attached hydrogens (primary N) is 1. The molecule has 1 fully saturated rings. The first-order valence-corrected chi connectivity index (χ1v) is 3.85. The fourth-order valence-corrected chi connectivity index (χ4v) is 1.41. The molecule has 0 radical (unpaired) electrons. The molecular formula is C8H18N2O2. The number of piperidine rings is 1. The van der Waals surface area contributed by atoms with Crippen LogP contribution in [0.15, 0.2) is 0 Å². The van der Waals surface area contributed by atoms with E-state index in [1.54, 1.807) is 12.2 Å². The van der Waals surface area contributed by atoms with Crippen LogP contribution < -0.4 is 5.73 Å². The van der Waals surface area contributed by atoms with Crippen LogP contribution in [0.5, 0.6) is 0 Å². The maximum absolute atomic E-state index is 10.8. The van der Waals surface area contributed by atoms with Gasteiger partial charge < -0.3 is 10.6 Å². The van der Waals surface area contributed by atoms with Crippen molar-refractivity contribution in [1.82, 2.24) is 5.06 Å². The lowest BCUT2D eigenvalue weighted by Gasteiger charge is -2.30. The second kappa shape index (κ2) is 5.11. The van der Waals surface area contributed by atoms with E-state index in [4.69, 9.17) is 10.6 Å². The summed E-state index contributed by atoms with van der Waals surface area (Å²) >= 11 is 0. The number of hydrogen-bond acceptors (Lipinski definition) is 3. The van der Waals surface area contributed by atoms with E-state index < -0.39 is 0 Å². The van der Waals surface area contributed by atoms with Crippen molar-refractivity contribution >= 4 is 5.91 Å². The van der Waals surface area contributed by atoms with Crippen LogP contribution in [0.4, 0.5) is 0 Å². The number of hydroxylamine groups is 2. The second-order valence-corrected chi connectivity index (χ2v) is 2.74. The Morgan fingerprint density at radius 1 is 1.58 bits per heavy atom. The second-order valence-electron chi connectivity index (χ2n) is 2.74. The molecule has 1 atom stereocenters. The molecule has 1 unspecified atom stereocenters. The third-order valence-corrected chi connectivity index (χ3v) is 2.02. The number of primary amides is 1. The van der Waals surface area contributed by atoms with Crippen LogP contribution in [0, 0.1) is 0 Å². The van der Waals surface area contributed by atoms with Crippen LogP contribution in [-0.2, 0) is 9.63 Å². The lowest BCUT2D eigenvalue weighted by atomic mass is 10.0. The number of nitrogens with zero attached hydrogens (tertiary/aromatic N) is 1. The Hall–Kier alpha value is -0.610. The van der Waals surface area contributed by atoms with E-state index in [-0.39, 0.29) is 19.4 Å². The molecule has 1 aliphatic heterocycles. The van der Waals surface area contributed by atoms with Crippen molar-refractivity contribution in [2.75, 3.05) is 13.7 Å². The van der Waals surface area contributed by atoms with E-state index in [1.807, 2.05) is 0 Å². The van der Waals surface area contributed by atoms with Gasteiger partial charge in [0.05, 0.1) is 7.11 Å². The summed E-state index contributed by atoms with van der Waals surface area (Å²) in [7, 11) is 1.57. The van der Waals surface area contributed by atoms with Crippen molar-refractivity contribution in [1.29, 1.82) is 0 Å². The van der Waals surface area contributed by atoms with E-state index in [1.165, 1.54) is 0 Å². The first-order chi connectivity index (χ1) is 5.25. The summed E-state index contributed by atoms with van der Waals surface area (Å²) in [4.78, 5) is 15.8. The fourth-order valence-electron chi connectivity index (χ4n) is 1.41. The summed E-state index contributed by atoms with van der Waals surface area (Å²) < 4.78 is 0. The normalized spacial score (nSPS) is 24.6. The molecule has 1 saturated heterocycles. The van der Waals surface area contributed by atoms with E-state index in [0.29, 0.717) is 0 Å². The van der Waals surface area contributed by atoms with Gasteiger partial charge in [-0.2, -0.15) is 5.06 Å². The van der Waals surface area contributed by atoms with Crippen molar-refractivity contribution in [3.05, 3.63) is 0 Å². The lowest BCUT2D eigenvalue weighted by molar-refractivity contribution is -0.180. The van der Waals surface area contributed by atoms with Gasteiger partial charge in [-0.15, -0.1) is 0 Å². The van der Waals surface area contributed by atoms with Gasteiger partial charge in [0, 0.05) is 6.54 Å². The smallest absolute Gasteiger partial charge is 0.237 e. The summed E-state index contributed by atoms with van der Waals surface area (Å²) in [5.74, 6) is -0.286. The van der Waals surface area contributed by atoms with E-state index in [0.717, 1.165) is 25.8 Å². The van der Waals surface area contributed by atoms with Gasteiger partial charge in [-0.25, -0.2) is 0 Å². The van der Waals surface area contributed by atoms with Crippen LogP contribution in [0.25, 0.3) is 0 Å². The number of hydrogen-bond donors (Lipinski definition) is 1. The summed E-state index contributed by atoms with van der Waals surface area (Å²) in [5.41, 5.74) is 5.17. The van der Waals surface area contributed by atoms with Crippen LogP contribution in [0.3, 0.4) is 0 Å². The number of carbonyl (C=O) groups is 1. The van der Waals surface area contributed by atoms with E-state index >= 15 is 0 Å². The summed E-state index contributed by atoms with van der Waals surface area (Å²) in [6.07, 6.45) is 2.97. The Kier molecular flexibility index (Phi) is 4.85. The first kappa shape index (κ1) is 11.4. The maximum atomic E-state index is 10.8. The van der Waals surface area contributed by atoms with Crippen molar-refractivity contribution < 1.29 is 9.63 Å². The molecule has 1 aliphatic rings. The standard InChI is InChI=1S/C7H14N2O2.CH4/c1-11-9-5-3-2-4-6(9)7(8)10;/h6H,2-5H2,1H3,(H2,8,10);1H4. The minimum atomic E-state index is -0.286. The van der Waals surface area contributed by atoms with Gasteiger partial charge >= 0.3 is 0 Å². The molecule has 0 aliphatic carbocycles. The summed E-state index contributed by atoms with van der Waals surface area (Å²) in [6.45, 7) is 0.810. The zero-order chi connectivity index (χ0) is 8.27. The van der Waals surface area contributed by atoms with Crippen LogP contribution in [0.2, 0.25) is 0 Å². The largest absolute Gasteiger partial charge is 0.368 e. The Bertz CT molecular complexity index is 150. The molecule has 0 saturated carbocycles. The zero-order valence-electron chi connectivity index (χ0n) is 6.75. The summed E-state index contributed by atoms with van der Waals surface area (Å²) in [5, 5.41) is 1.66. The molecule has 2 N–H and O–H groups in total. The van der Waals surface area contributed by atoms with Gasteiger partial charge in [0.25, 0.3) is 0 Å².